The summed E-state index contributed by atoms with van der Waals surface area (Å²) in [4.78, 5) is 23.5. The summed E-state index contributed by atoms with van der Waals surface area (Å²) in [5.74, 6) is 0.220. The van der Waals surface area contributed by atoms with Gasteiger partial charge in [-0.05, 0) is 18.8 Å². The summed E-state index contributed by atoms with van der Waals surface area (Å²) in [5, 5.41) is 0. The highest BCUT2D eigenvalue weighted by atomic mass is 16.7. The van der Waals surface area contributed by atoms with Gasteiger partial charge < -0.3 is 14.4 Å². The number of hydrogen-bond acceptors (Lipinski definition) is 4. The number of rotatable bonds is 2. The topological polar surface area (TPSA) is 55.8 Å². The largest absolute Gasteiger partial charge is 0.428 e. The first-order valence-corrected chi connectivity index (χ1v) is 5.14. The summed E-state index contributed by atoms with van der Waals surface area (Å²) >= 11 is 0. The first-order valence-electron chi connectivity index (χ1n) is 5.14. The first-order chi connectivity index (χ1) is 7.09. The van der Waals surface area contributed by atoms with Gasteiger partial charge in [-0.1, -0.05) is 6.92 Å². The zero-order valence-electron chi connectivity index (χ0n) is 9.19. The molecule has 0 aliphatic carbocycles. The van der Waals surface area contributed by atoms with Gasteiger partial charge in [0.25, 0.3) is 0 Å². The van der Waals surface area contributed by atoms with E-state index in [4.69, 9.17) is 4.74 Å². The average Bonchev–Trinajstić information content (AvgIpc) is 2.18. The predicted octanol–water partition coefficient (Wildman–Crippen LogP) is 1.38. The molecule has 1 aliphatic heterocycles. The van der Waals surface area contributed by atoms with Crippen LogP contribution in [0.2, 0.25) is 0 Å². The van der Waals surface area contributed by atoms with Crippen LogP contribution in [-0.2, 0) is 14.3 Å². The Bertz CT molecular complexity index is 234. The van der Waals surface area contributed by atoms with Crippen LogP contribution in [0, 0.1) is 5.92 Å². The number of carbonyl (C=O) groups is 2. The van der Waals surface area contributed by atoms with E-state index in [0.717, 1.165) is 25.9 Å². The van der Waals surface area contributed by atoms with Gasteiger partial charge in [0.15, 0.2) is 0 Å². The van der Waals surface area contributed by atoms with E-state index in [0.29, 0.717) is 5.92 Å². The van der Waals surface area contributed by atoms with Crippen molar-refractivity contribution in [2.75, 3.05) is 19.9 Å². The smallest absolute Gasteiger partial charge is 0.412 e. The van der Waals surface area contributed by atoms with E-state index >= 15 is 0 Å². The molecular weight excluding hydrogens is 198 g/mol. The van der Waals surface area contributed by atoms with Crippen molar-refractivity contribution in [2.24, 2.45) is 5.92 Å². The van der Waals surface area contributed by atoms with Gasteiger partial charge in [0.1, 0.15) is 0 Å². The summed E-state index contributed by atoms with van der Waals surface area (Å²) in [6.07, 6.45) is 1.61. The van der Waals surface area contributed by atoms with E-state index in [1.165, 1.54) is 6.92 Å². The molecule has 0 radical (unpaired) electrons. The second-order valence-electron chi connectivity index (χ2n) is 3.83. The number of esters is 1. The van der Waals surface area contributed by atoms with Crippen molar-refractivity contribution in [3.63, 3.8) is 0 Å². The van der Waals surface area contributed by atoms with Gasteiger partial charge in [0.2, 0.25) is 6.79 Å². The van der Waals surface area contributed by atoms with Gasteiger partial charge >= 0.3 is 12.1 Å². The Morgan fingerprint density at radius 2 is 1.87 bits per heavy atom. The van der Waals surface area contributed by atoms with Gasteiger partial charge in [-0.3, -0.25) is 4.79 Å². The van der Waals surface area contributed by atoms with Gasteiger partial charge in [-0.2, -0.15) is 0 Å². The monoisotopic (exact) mass is 215 g/mol. The molecule has 1 amide bonds. The Labute approximate surface area is 89.3 Å². The van der Waals surface area contributed by atoms with Crippen LogP contribution in [0.1, 0.15) is 26.7 Å². The van der Waals surface area contributed by atoms with Gasteiger partial charge in [-0.25, -0.2) is 4.79 Å². The molecule has 0 unspecified atom stereocenters. The van der Waals surface area contributed by atoms with Gasteiger partial charge in [0.05, 0.1) is 0 Å². The predicted molar refractivity (Wildman–Crippen MR) is 53.1 cm³/mol. The van der Waals surface area contributed by atoms with E-state index in [2.05, 4.69) is 11.7 Å². The standard InChI is InChI=1S/C10H17NO4/c1-8-3-5-11(6-4-8)10(13)15-7-14-9(2)12/h8H,3-7H2,1-2H3. The van der Waals surface area contributed by atoms with Crippen LogP contribution in [0.4, 0.5) is 4.79 Å². The second-order valence-corrected chi connectivity index (χ2v) is 3.83. The van der Waals surface area contributed by atoms with Crippen LogP contribution < -0.4 is 0 Å². The summed E-state index contributed by atoms with van der Waals surface area (Å²) in [6, 6.07) is 0. The second kappa shape index (κ2) is 5.58. The molecule has 86 valence electrons. The normalized spacial score (nSPS) is 17.3. The number of piperidine rings is 1. The van der Waals surface area contributed by atoms with Crippen LogP contribution in [0.15, 0.2) is 0 Å². The van der Waals surface area contributed by atoms with Gasteiger partial charge in [0, 0.05) is 20.0 Å². The Morgan fingerprint density at radius 1 is 1.27 bits per heavy atom. The lowest BCUT2D eigenvalue weighted by molar-refractivity contribution is -0.149. The number of amides is 1. The van der Waals surface area contributed by atoms with Crippen LogP contribution in [0.5, 0.6) is 0 Å². The third kappa shape index (κ3) is 4.18. The quantitative estimate of drug-likeness (QED) is 0.515. The van der Waals surface area contributed by atoms with Crippen LogP contribution >= 0.6 is 0 Å². The molecule has 5 heteroatoms. The molecule has 1 heterocycles. The Hall–Kier alpha value is -1.26. The number of nitrogens with zero attached hydrogens (tertiary/aromatic N) is 1. The third-order valence-corrected chi connectivity index (χ3v) is 2.49. The van der Waals surface area contributed by atoms with Crippen molar-refractivity contribution in [3.05, 3.63) is 0 Å². The zero-order chi connectivity index (χ0) is 11.3. The highest BCUT2D eigenvalue weighted by molar-refractivity contribution is 5.68. The number of carbonyl (C=O) groups excluding carboxylic acids is 2. The Balaban J connectivity index is 2.19. The lowest BCUT2D eigenvalue weighted by atomic mass is 10.00. The molecule has 0 aromatic carbocycles. The van der Waals surface area contributed by atoms with E-state index in [1.54, 1.807) is 4.90 Å². The fraction of sp³-hybridized carbons (Fsp3) is 0.800. The summed E-state index contributed by atoms with van der Waals surface area (Å²) < 4.78 is 9.29. The molecular formula is C10H17NO4. The van der Waals surface area contributed by atoms with Crippen LogP contribution in [0.25, 0.3) is 0 Å². The van der Waals surface area contributed by atoms with Crippen molar-refractivity contribution < 1.29 is 19.1 Å². The maximum atomic E-state index is 11.4. The molecule has 0 atom stereocenters. The molecule has 5 nitrogen and oxygen atoms in total. The molecule has 0 aromatic heterocycles. The molecule has 15 heavy (non-hydrogen) atoms. The molecule has 1 saturated heterocycles. The molecule has 1 aliphatic rings. The fourth-order valence-corrected chi connectivity index (χ4v) is 1.45. The summed E-state index contributed by atoms with van der Waals surface area (Å²) in [6.45, 7) is 4.60. The zero-order valence-corrected chi connectivity index (χ0v) is 9.19. The van der Waals surface area contributed by atoms with E-state index in [-0.39, 0.29) is 6.79 Å². The highest BCUT2D eigenvalue weighted by Crippen LogP contribution is 2.16. The van der Waals surface area contributed by atoms with Crippen molar-refractivity contribution in [1.29, 1.82) is 0 Å². The van der Waals surface area contributed by atoms with Crippen molar-refractivity contribution >= 4 is 12.1 Å². The van der Waals surface area contributed by atoms with E-state index < -0.39 is 12.1 Å². The minimum Gasteiger partial charge on any atom is -0.428 e. The minimum atomic E-state index is -0.449. The lowest BCUT2D eigenvalue weighted by Crippen LogP contribution is -2.38. The summed E-state index contributed by atoms with van der Waals surface area (Å²) in [7, 11) is 0. The Kier molecular flexibility index (Phi) is 4.39. The molecule has 0 aromatic rings. The lowest BCUT2D eigenvalue weighted by Gasteiger charge is -2.29. The van der Waals surface area contributed by atoms with Gasteiger partial charge in [-0.15, -0.1) is 0 Å². The minimum absolute atomic E-state index is 0.291. The molecule has 0 N–H and O–H groups in total. The van der Waals surface area contributed by atoms with Crippen LogP contribution in [-0.4, -0.2) is 36.8 Å². The number of ether oxygens (including phenoxy) is 2. The number of likely N-dealkylation sites (tertiary alicyclic amines) is 1. The molecule has 0 bridgehead atoms. The maximum absolute atomic E-state index is 11.4. The molecule has 1 fully saturated rings. The molecule has 0 saturated carbocycles. The number of hydrogen-bond donors (Lipinski definition) is 0. The Morgan fingerprint density at radius 3 is 2.40 bits per heavy atom. The van der Waals surface area contributed by atoms with E-state index in [9.17, 15) is 9.59 Å². The van der Waals surface area contributed by atoms with Crippen LogP contribution in [0.3, 0.4) is 0 Å². The third-order valence-electron chi connectivity index (χ3n) is 2.49. The SMILES string of the molecule is CC(=O)OCOC(=O)N1CCC(C)CC1. The molecule has 0 spiro atoms. The van der Waals surface area contributed by atoms with Crippen molar-refractivity contribution in [3.8, 4) is 0 Å². The van der Waals surface area contributed by atoms with E-state index in [1.807, 2.05) is 0 Å². The highest BCUT2D eigenvalue weighted by Gasteiger charge is 2.21. The maximum Gasteiger partial charge on any atom is 0.412 e. The molecule has 1 rings (SSSR count). The summed E-state index contributed by atoms with van der Waals surface area (Å²) in [5.41, 5.74) is 0. The average molecular weight is 215 g/mol. The van der Waals surface area contributed by atoms with Crippen molar-refractivity contribution in [1.82, 2.24) is 4.90 Å². The van der Waals surface area contributed by atoms with Crippen molar-refractivity contribution in [2.45, 2.75) is 26.7 Å². The first kappa shape index (κ1) is 11.8. The fourth-order valence-electron chi connectivity index (χ4n) is 1.45.